The van der Waals surface area contributed by atoms with Crippen LogP contribution in [0.4, 0.5) is 23.8 Å². The molecule has 4 aliphatic carbocycles. The van der Waals surface area contributed by atoms with Crippen molar-refractivity contribution in [1.82, 2.24) is 78.1 Å². The quantitative estimate of drug-likeness (QED) is 0.0228. The molecule has 8 aromatic heterocycles. The lowest BCUT2D eigenvalue weighted by atomic mass is 9.96. The van der Waals surface area contributed by atoms with E-state index < -0.39 is 0 Å². The number of benzene rings is 6. The number of halogens is 1. The molecular weight excluding hydrogens is 1710 g/mol. The molecule has 5 unspecified atom stereocenters. The largest absolute Gasteiger partial charge is 0.471 e. The number of hydrogen-bond donors (Lipinski definition) is 6. The van der Waals surface area contributed by atoms with Crippen LogP contribution in [-0.2, 0) is 63.4 Å². The molecule has 1 saturated heterocycles. The number of nitrogen functional groups attached to an aromatic ring is 2. The van der Waals surface area contributed by atoms with Crippen molar-refractivity contribution in [3.8, 4) is 17.6 Å². The van der Waals surface area contributed by atoms with E-state index >= 15 is 0 Å². The number of Topliss-reactive ketones (excluding diaryl/α,β-unsaturated/α-hetero) is 1. The molecule has 8 N–H and O–H groups in total. The van der Waals surface area contributed by atoms with E-state index in [0.717, 1.165) is 71.3 Å². The molecular formula is C103H127ClN20O10. The van der Waals surface area contributed by atoms with Crippen molar-refractivity contribution in [2.45, 2.75) is 171 Å². The minimum absolute atomic E-state index is 0. The number of hydrogen-bond acceptors (Lipinski definition) is 25. The van der Waals surface area contributed by atoms with Crippen LogP contribution in [0.15, 0.2) is 249 Å². The van der Waals surface area contributed by atoms with E-state index in [0.29, 0.717) is 166 Å². The molecule has 19 rings (SSSR count). The molecule has 31 heteroatoms. The zero-order valence-electron chi connectivity index (χ0n) is 77.1. The fourth-order valence-corrected chi connectivity index (χ4v) is 17.7. The number of aliphatic hydroxyl groups is 1. The summed E-state index contributed by atoms with van der Waals surface area (Å²) in [5.41, 5.74) is 25.4. The van der Waals surface area contributed by atoms with Gasteiger partial charge in [-0.1, -0.05) is 237 Å². The van der Waals surface area contributed by atoms with Crippen molar-refractivity contribution in [3.05, 3.63) is 287 Å². The highest BCUT2D eigenvalue weighted by Crippen LogP contribution is 2.47. The Bertz CT molecular complexity index is 6030. The molecule has 0 bridgehead atoms. The molecule has 6 aromatic carbocycles. The standard InChI is InChI=1S/C29H33N5O2.C28H31N5O3.C27H29N5O2.C12H15N5O2.C5H10O.2CH4.ClH/c1-4-30-29-32-27-26(28(33-29)36-17-23-13-9-6-10-14-23)31-19-34(27)25-15-20(2)24(21(25)3)18-35-16-22-11-7-5-8-12-22;1-3-29-28-31-26-24(27(32-28)36-16-21-12-8-5-9-13-21)30-18-33(26)23-14-19(2)22(25(23)34)17-35-15-20-10-6-4-7-11-20;1-18-13-23(19(2)22(18)16-33-14-20-9-5-3-6-10-20)32-17-29-24-25(32)30-27(28)31-26(24)34-15-21-11-7-4-8-12-21;1-6-7(4-18)2-3-8(6)17-5-14-9-10(17)15-12(13)16-11(9)19;1-5-3-2-4-6-5;;;/h5-14,19-20,24-25H,3-4,15-18H2,1-2H3,(H,30,32,33);4-13,18-19,22-23H,3,14-17H2,1-2H3,(H,29,31,32);3-12,17-18,22-23H,2,13-16H2,1H3,(H2,28,30,31);5,7-8,18H,1-4H2,(H3,13,15,16,19);5H,2-4H2,1H3;2*1H4;1H/t20-,24+,25?;19-,22+,23?;18-,22+,23?;7-,8?;;;;/m0000..../s1/i2*1T;;;;;;. The molecule has 0 radical (unpaired) electrons. The number of nitrogens with zero attached hydrogens (tertiary/aromatic N) is 15. The second-order valence-electron chi connectivity index (χ2n) is 33.9. The van der Waals surface area contributed by atoms with Crippen LogP contribution in [0.3, 0.4) is 0 Å². The monoisotopic (exact) mass is 1840 g/mol. The molecule has 12 atom stereocenters. The minimum Gasteiger partial charge on any atom is -0.471 e. The maximum Gasteiger partial charge on any atom is 0.280 e. The molecule has 5 aliphatic rings. The van der Waals surface area contributed by atoms with Gasteiger partial charge in [-0.05, 0) is 134 Å². The van der Waals surface area contributed by atoms with Crippen molar-refractivity contribution in [2.75, 3.05) is 68.2 Å². The Labute approximate surface area is 792 Å². The number of nitrogens with two attached hydrogens (primary N) is 2. The number of nitrogens with one attached hydrogen (secondary N) is 3. The van der Waals surface area contributed by atoms with Gasteiger partial charge in [0.1, 0.15) is 19.8 Å². The number of aromatic nitrogens is 16. The highest BCUT2D eigenvalue weighted by atomic mass is 35.5. The van der Waals surface area contributed by atoms with Gasteiger partial charge >= 0.3 is 0 Å². The van der Waals surface area contributed by atoms with Crippen molar-refractivity contribution in [3.63, 3.8) is 0 Å². The molecule has 9 heterocycles. The van der Waals surface area contributed by atoms with Crippen LogP contribution < -0.4 is 41.9 Å². The lowest BCUT2D eigenvalue weighted by molar-refractivity contribution is -0.125. The van der Waals surface area contributed by atoms with Crippen molar-refractivity contribution in [2.24, 2.45) is 41.4 Å². The number of ketones is 1. The van der Waals surface area contributed by atoms with Gasteiger partial charge in [0.2, 0.25) is 41.4 Å². The van der Waals surface area contributed by atoms with Gasteiger partial charge < -0.3 is 78.6 Å². The molecule has 0 spiro atoms. The lowest BCUT2D eigenvalue weighted by Crippen LogP contribution is -2.23. The molecule has 706 valence electrons. The minimum atomic E-state index is -0.383. The average molecular weight is 1840 g/mol. The van der Waals surface area contributed by atoms with Gasteiger partial charge in [-0.15, -0.1) is 12.4 Å². The van der Waals surface area contributed by atoms with E-state index in [2.05, 4.69) is 146 Å². The number of aromatic amines is 1. The molecule has 134 heavy (non-hydrogen) atoms. The van der Waals surface area contributed by atoms with Crippen LogP contribution in [0.25, 0.3) is 44.7 Å². The third-order valence-corrected chi connectivity index (χ3v) is 24.9. The summed E-state index contributed by atoms with van der Waals surface area (Å²) in [5, 5.41) is 15.5. The number of aliphatic hydroxyl groups excluding tert-OH is 1. The van der Waals surface area contributed by atoms with E-state index in [4.69, 9.17) is 52.4 Å². The van der Waals surface area contributed by atoms with Gasteiger partial charge in [-0.25, -0.2) is 19.9 Å². The van der Waals surface area contributed by atoms with Gasteiger partial charge in [0, 0.05) is 52.7 Å². The summed E-state index contributed by atoms with van der Waals surface area (Å²) in [5.74, 6) is 3.76. The molecule has 0 amide bonds. The highest BCUT2D eigenvalue weighted by Gasteiger charge is 2.43. The maximum atomic E-state index is 13.5. The second-order valence-corrected chi connectivity index (χ2v) is 33.9. The SMILES string of the molecule is C.C.C=C1C(n2cnc3c(=O)[nH]c(N)nc32)CC[C@H]1CO.C=C1C(n2cnc3c(OCc4ccccc4)nc(N)nc32)C[C@H](C)[C@H]1COCc1ccccc1.CC1CCCO1.Cl.[3H]CCNc1nc(OCc2ccccc2)c2ncn(C3C[C@H](C)[C@@H](COCc4ccccc4)C3=C)c2n1.[3H]CCNc1nc(OCc2ccccc2)c2ncn(C3C[C@H](C)[C@@H](COCc4ccccc4)C3=O)c2n1. The Morgan fingerprint density at radius 2 is 0.806 bits per heavy atom. The number of anilines is 4. The summed E-state index contributed by atoms with van der Waals surface area (Å²) in [7, 11) is 0. The van der Waals surface area contributed by atoms with Crippen LogP contribution in [0, 0.1) is 41.4 Å². The summed E-state index contributed by atoms with van der Waals surface area (Å²) in [6.45, 7) is 28.5. The van der Waals surface area contributed by atoms with Crippen LogP contribution >= 0.6 is 12.4 Å². The van der Waals surface area contributed by atoms with Crippen molar-refractivity contribution >= 4 is 86.6 Å². The number of imidazole rings is 4. The Hall–Kier alpha value is -13.1. The first-order valence-corrected chi connectivity index (χ1v) is 44.8. The molecule has 5 fully saturated rings. The third kappa shape index (κ3) is 24.5. The fourth-order valence-electron chi connectivity index (χ4n) is 17.7. The Morgan fingerprint density at radius 1 is 0.448 bits per heavy atom. The lowest BCUT2D eigenvalue weighted by Gasteiger charge is -2.19. The van der Waals surface area contributed by atoms with E-state index in [9.17, 15) is 14.7 Å². The number of H-pyrrole nitrogens is 1. The molecule has 1 aliphatic heterocycles. The number of fused-ring (bicyclic) bond motifs is 4. The summed E-state index contributed by atoms with van der Waals surface area (Å²) in [6.07, 6.45) is 14.2. The zero-order chi connectivity index (χ0) is 92.7. The second kappa shape index (κ2) is 48.0. The first-order chi connectivity index (χ1) is 64.9. The predicted octanol–water partition coefficient (Wildman–Crippen LogP) is 18.7. The van der Waals surface area contributed by atoms with Crippen LogP contribution in [0.1, 0.15) is 162 Å². The maximum absolute atomic E-state index is 13.5. The smallest absolute Gasteiger partial charge is 0.280 e. The van der Waals surface area contributed by atoms with Gasteiger partial charge in [-0.2, -0.15) is 34.9 Å². The van der Waals surface area contributed by atoms with Crippen molar-refractivity contribution < 1.29 is 45.8 Å². The molecule has 4 saturated carbocycles. The zero-order valence-corrected chi connectivity index (χ0v) is 75.9. The fraction of sp³-hybridized carbons (Fsp3) is 0.388. The van der Waals surface area contributed by atoms with Gasteiger partial charge in [-0.3, -0.25) is 14.6 Å². The van der Waals surface area contributed by atoms with Gasteiger partial charge in [0.05, 0.1) is 95.2 Å². The summed E-state index contributed by atoms with van der Waals surface area (Å²) in [4.78, 5) is 77.0. The number of rotatable bonds is 30. The predicted molar refractivity (Wildman–Crippen MR) is 527 cm³/mol. The summed E-state index contributed by atoms with van der Waals surface area (Å²) < 4.78 is 64.2. The molecule has 14 aromatic rings. The first kappa shape index (κ1) is 96.9. The first-order valence-electron chi connectivity index (χ1n) is 46.2. The number of carbonyl (C=O) groups is 1. The highest BCUT2D eigenvalue weighted by molar-refractivity contribution is 5.90. The van der Waals surface area contributed by atoms with Gasteiger partial charge in [0.25, 0.3) is 5.56 Å². The Balaban J connectivity index is 0.000000161. The number of ether oxygens (including phenoxy) is 7. The molecule has 30 nitrogen and oxygen atoms in total. The summed E-state index contributed by atoms with van der Waals surface area (Å²) >= 11 is 0. The van der Waals surface area contributed by atoms with E-state index in [1.54, 1.807) is 19.0 Å². The summed E-state index contributed by atoms with van der Waals surface area (Å²) in [6, 6.07) is 59.9. The Morgan fingerprint density at radius 3 is 1.19 bits per heavy atom. The average Bonchev–Trinajstić information content (AvgIpc) is 1.63. The van der Waals surface area contributed by atoms with E-state index in [1.165, 1.54) is 24.0 Å². The van der Waals surface area contributed by atoms with Crippen LogP contribution in [-0.4, -0.2) is 141 Å². The van der Waals surface area contributed by atoms with E-state index in [-0.39, 0.29) is 130 Å². The van der Waals surface area contributed by atoms with Crippen LogP contribution in [0.5, 0.6) is 17.6 Å². The van der Waals surface area contributed by atoms with Gasteiger partial charge in [0.15, 0.2) is 50.4 Å². The Kier molecular flexibility index (Phi) is 34.7. The normalized spacial score (nSPS) is 20.7. The van der Waals surface area contributed by atoms with Crippen LogP contribution in [0.2, 0.25) is 0 Å². The van der Waals surface area contributed by atoms with Crippen molar-refractivity contribution in [1.29, 1.82) is 0 Å². The third-order valence-electron chi connectivity index (χ3n) is 24.9. The topological polar surface area (TPSA) is 372 Å². The number of carbonyl (C=O) groups excluding carboxylic acids is 1. The van der Waals surface area contributed by atoms with E-state index in [1.807, 2.05) is 173 Å².